The molecule has 0 radical (unpaired) electrons. The van der Waals surface area contributed by atoms with E-state index in [9.17, 15) is 0 Å². The summed E-state index contributed by atoms with van der Waals surface area (Å²) in [6, 6.07) is 2.33. The zero-order valence-electron chi connectivity index (χ0n) is 12.1. The van der Waals surface area contributed by atoms with Gasteiger partial charge >= 0.3 is 0 Å². The highest BCUT2D eigenvalue weighted by Gasteiger charge is 2.21. The van der Waals surface area contributed by atoms with Gasteiger partial charge in [0.05, 0.1) is 6.61 Å². The maximum absolute atomic E-state index is 5.54. The summed E-state index contributed by atoms with van der Waals surface area (Å²) < 4.78 is 5.54. The van der Waals surface area contributed by atoms with E-state index in [2.05, 4.69) is 29.1 Å². The Labute approximate surface area is 116 Å². The van der Waals surface area contributed by atoms with E-state index in [1.165, 1.54) is 32.1 Å². The third-order valence-electron chi connectivity index (χ3n) is 3.78. The second-order valence-electron chi connectivity index (χ2n) is 5.35. The molecule has 1 aliphatic rings. The summed E-state index contributed by atoms with van der Waals surface area (Å²) in [7, 11) is 0. The third kappa shape index (κ3) is 4.37. The molecule has 2 rings (SSSR count). The zero-order chi connectivity index (χ0) is 13.5. The third-order valence-corrected chi connectivity index (χ3v) is 3.78. The maximum atomic E-state index is 5.54. The lowest BCUT2D eigenvalue weighted by molar-refractivity contribution is 0.304. The van der Waals surface area contributed by atoms with E-state index >= 15 is 0 Å². The minimum atomic E-state index is 0.514. The van der Waals surface area contributed by atoms with Crippen LogP contribution in [0.1, 0.15) is 52.4 Å². The molecule has 1 fully saturated rings. The van der Waals surface area contributed by atoms with Gasteiger partial charge in [0.15, 0.2) is 0 Å². The van der Waals surface area contributed by atoms with Crippen LogP contribution in [0.2, 0.25) is 0 Å². The van der Waals surface area contributed by atoms with Crippen molar-refractivity contribution in [2.24, 2.45) is 5.92 Å². The highest BCUT2D eigenvalue weighted by molar-refractivity contribution is 5.29. The van der Waals surface area contributed by atoms with Crippen LogP contribution < -0.4 is 10.1 Å². The summed E-state index contributed by atoms with van der Waals surface area (Å²) in [6.45, 7) is 5.08. The molecular weight excluding hydrogens is 238 g/mol. The average Bonchev–Trinajstić information content (AvgIpc) is 2.46. The Balaban J connectivity index is 1.90. The second-order valence-corrected chi connectivity index (χ2v) is 5.35. The lowest BCUT2D eigenvalue weighted by Crippen LogP contribution is -2.27. The first-order valence-electron chi connectivity index (χ1n) is 7.54. The van der Waals surface area contributed by atoms with Crippen LogP contribution in [-0.2, 0) is 0 Å². The van der Waals surface area contributed by atoms with Crippen LogP contribution >= 0.6 is 0 Å². The van der Waals surface area contributed by atoms with E-state index in [0.29, 0.717) is 24.5 Å². The van der Waals surface area contributed by atoms with Crippen molar-refractivity contribution in [3.63, 3.8) is 0 Å². The van der Waals surface area contributed by atoms with Crippen molar-refractivity contribution in [3.05, 3.63) is 12.3 Å². The van der Waals surface area contributed by atoms with Gasteiger partial charge in [-0.1, -0.05) is 33.1 Å². The lowest BCUT2D eigenvalue weighted by Gasteiger charge is -2.29. The van der Waals surface area contributed by atoms with Crippen LogP contribution in [0.3, 0.4) is 0 Å². The van der Waals surface area contributed by atoms with Gasteiger partial charge in [0.1, 0.15) is 0 Å². The molecule has 1 saturated carbocycles. The molecular formula is C15H25N3O. The fourth-order valence-electron chi connectivity index (χ4n) is 2.67. The number of anilines is 1. The molecule has 0 bridgehead atoms. The van der Waals surface area contributed by atoms with Gasteiger partial charge in [-0.15, -0.1) is 0 Å². The minimum absolute atomic E-state index is 0.514. The Kier molecular flexibility index (Phi) is 5.43. The molecule has 0 saturated heterocycles. The molecule has 19 heavy (non-hydrogen) atoms. The summed E-state index contributed by atoms with van der Waals surface area (Å²) in [6.07, 6.45) is 9.17. The molecule has 2 atom stereocenters. The Bertz CT molecular complexity index is 383. The number of ether oxygens (including phenoxy) is 1. The number of nitrogens with zero attached hydrogens (tertiary/aromatic N) is 2. The van der Waals surface area contributed by atoms with Gasteiger partial charge in [-0.2, -0.15) is 4.98 Å². The molecule has 1 aromatic rings. The van der Waals surface area contributed by atoms with Crippen LogP contribution in [0.15, 0.2) is 12.3 Å². The molecule has 0 spiro atoms. The topological polar surface area (TPSA) is 47.0 Å². The molecule has 106 valence electrons. The molecule has 4 nitrogen and oxygen atoms in total. The second kappa shape index (κ2) is 7.31. The van der Waals surface area contributed by atoms with Crippen molar-refractivity contribution < 1.29 is 4.74 Å². The SMILES string of the molecule is CCCOc1ccnc(NC2CCCC(CC)C2)n1. The monoisotopic (exact) mass is 263 g/mol. The van der Waals surface area contributed by atoms with E-state index in [4.69, 9.17) is 4.74 Å². The summed E-state index contributed by atoms with van der Waals surface area (Å²) >= 11 is 0. The molecule has 0 aromatic carbocycles. The Hall–Kier alpha value is -1.32. The standard InChI is InChI=1S/C15H25N3O/c1-3-10-19-14-8-9-16-15(18-14)17-13-7-5-6-12(4-2)11-13/h8-9,12-13H,3-7,10-11H2,1-2H3,(H,16,17,18). The summed E-state index contributed by atoms with van der Waals surface area (Å²) in [5, 5.41) is 3.46. The summed E-state index contributed by atoms with van der Waals surface area (Å²) in [4.78, 5) is 8.70. The molecule has 1 heterocycles. The first-order chi connectivity index (χ1) is 9.31. The van der Waals surface area contributed by atoms with E-state index in [-0.39, 0.29) is 0 Å². The van der Waals surface area contributed by atoms with Crippen LogP contribution in [0.4, 0.5) is 5.95 Å². The molecule has 1 aliphatic carbocycles. The molecule has 0 amide bonds. The predicted molar refractivity (Wildman–Crippen MR) is 77.5 cm³/mol. The van der Waals surface area contributed by atoms with Crippen molar-refractivity contribution >= 4 is 5.95 Å². The van der Waals surface area contributed by atoms with Crippen molar-refractivity contribution in [2.75, 3.05) is 11.9 Å². The lowest BCUT2D eigenvalue weighted by atomic mass is 9.84. The zero-order valence-corrected chi connectivity index (χ0v) is 12.1. The largest absolute Gasteiger partial charge is 0.478 e. The van der Waals surface area contributed by atoms with Gasteiger partial charge in [-0.05, 0) is 25.2 Å². The Morgan fingerprint density at radius 2 is 2.26 bits per heavy atom. The number of nitrogens with one attached hydrogen (secondary N) is 1. The van der Waals surface area contributed by atoms with Crippen molar-refractivity contribution in [3.8, 4) is 5.88 Å². The fraction of sp³-hybridized carbons (Fsp3) is 0.733. The Morgan fingerprint density at radius 3 is 3.05 bits per heavy atom. The predicted octanol–water partition coefficient (Wildman–Crippen LogP) is 3.65. The van der Waals surface area contributed by atoms with Crippen LogP contribution in [-0.4, -0.2) is 22.6 Å². The van der Waals surface area contributed by atoms with E-state index in [0.717, 1.165) is 12.3 Å². The molecule has 1 aromatic heterocycles. The van der Waals surface area contributed by atoms with E-state index < -0.39 is 0 Å². The first-order valence-corrected chi connectivity index (χ1v) is 7.54. The molecule has 4 heteroatoms. The van der Waals surface area contributed by atoms with Gasteiger partial charge < -0.3 is 10.1 Å². The summed E-state index contributed by atoms with van der Waals surface area (Å²) in [5.74, 6) is 2.23. The van der Waals surface area contributed by atoms with Gasteiger partial charge in [0.2, 0.25) is 11.8 Å². The fourth-order valence-corrected chi connectivity index (χ4v) is 2.67. The minimum Gasteiger partial charge on any atom is -0.478 e. The quantitative estimate of drug-likeness (QED) is 0.851. The normalized spacial score (nSPS) is 23.1. The highest BCUT2D eigenvalue weighted by atomic mass is 16.5. The Morgan fingerprint density at radius 1 is 1.37 bits per heavy atom. The van der Waals surface area contributed by atoms with Gasteiger partial charge in [-0.25, -0.2) is 4.98 Å². The number of aromatic nitrogens is 2. The van der Waals surface area contributed by atoms with Crippen LogP contribution in [0.5, 0.6) is 5.88 Å². The van der Waals surface area contributed by atoms with Crippen molar-refractivity contribution in [2.45, 2.75) is 58.4 Å². The molecule has 0 aliphatic heterocycles. The van der Waals surface area contributed by atoms with Crippen LogP contribution in [0, 0.1) is 5.92 Å². The van der Waals surface area contributed by atoms with Gasteiger partial charge in [-0.3, -0.25) is 0 Å². The number of rotatable bonds is 6. The first kappa shape index (κ1) is 14.1. The van der Waals surface area contributed by atoms with Crippen molar-refractivity contribution in [1.29, 1.82) is 0 Å². The highest BCUT2D eigenvalue weighted by Crippen LogP contribution is 2.28. The maximum Gasteiger partial charge on any atom is 0.226 e. The number of hydrogen-bond donors (Lipinski definition) is 1. The summed E-state index contributed by atoms with van der Waals surface area (Å²) in [5.41, 5.74) is 0. The average molecular weight is 263 g/mol. The van der Waals surface area contributed by atoms with Crippen LogP contribution in [0.25, 0.3) is 0 Å². The van der Waals surface area contributed by atoms with Gasteiger partial charge in [0, 0.05) is 18.3 Å². The number of hydrogen-bond acceptors (Lipinski definition) is 4. The smallest absolute Gasteiger partial charge is 0.226 e. The van der Waals surface area contributed by atoms with E-state index in [1.54, 1.807) is 6.20 Å². The molecule has 2 unspecified atom stereocenters. The van der Waals surface area contributed by atoms with E-state index in [1.807, 2.05) is 6.07 Å². The molecule has 1 N–H and O–H groups in total. The van der Waals surface area contributed by atoms with Crippen molar-refractivity contribution in [1.82, 2.24) is 9.97 Å². The van der Waals surface area contributed by atoms with Gasteiger partial charge in [0.25, 0.3) is 0 Å².